The number of carbonyl (C=O) groups excluding carboxylic acids is 2. The highest BCUT2D eigenvalue weighted by atomic mass is 32.2. The minimum absolute atomic E-state index is 0.0666. The zero-order chi connectivity index (χ0) is 19.1. The highest BCUT2D eigenvalue weighted by Crippen LogP contribution is 2.26. The third-order valence-electron chi connectivity index (χ3n) is 3.39. The molecule has 11 heteroatoms. The first-order valence-electron chi connectivity index (χ1n) is 7.99. The van der Waals surface area contributed by atoms with Crippen LogP contribution in [0.5, 0.6) is 0 Å². The quantitative estimate of drug-likeness (QED) is 0.425. The molecule has 0 unspecified atom stereocenters. The maximum Gasteiger partial charge on any atom is 0.271 e. The van der Waals surface area contributed by atoms with E-state index in [-0.39, 0.29) is 17.6 Å². The number of aromatic nitrogens is 4. The zero-order valence-electron chi connectivity index (χ0n) is 14.3. The highest BCUT2D eigenvalue weighted by Gasteiger charge is 2.16. The molecule has 140 valence electrons. The van der Waals surface area contributed by atoms with Gasteiger partial charge in [-0.25, -0.2) is 0 Å². The van der Waals surface area contributed by atoms with E-state index in [0.717, 1.165) is 18.0 Å². The molecule has 0 aliphatic heterocycles. The van der Waals surface area contributed by atoms with E-state index in [4.69, 9.17) is 0 Å². The Morgan fingerprint density at radius 1 is 1.15 bits per heavy atom. The number of nitrogens with zero attached hydrogens (tertiary/aromatic N) is 4. The molecule has 0 saturated carbocycles. The Balaban J connectivity index is 1.40. The largest absolute Gasteiger partial charge is 0.355 e. The number of anilines is 1. The number of hydrogen-bond acceptors (Lipinski definition) is 9. The van der Waals surface area contributed by atoms with E-state index in [9.17, 15) is 9.59 Å². The van der Waals surface area contributed by atoms with Crippen molar-refractivity contribution in [2.45, 2.75) is 17.7 Å². The van der Waals surface area contributed by atoms with E-state index in [1.54, 1.807) is 6.92 Å². The van der Waals surface area contributed by atoms with Crippen LogP contribution in [-0.4, -0.2) is 43.9 Å². The maximum atomic E-state index is 12.1. The summed E-state index contributed by atoms with van der Waals surface area (Å²) in [5, 5.41) is 17.6. The minimum atomic E-state index is -0.311. The fourth-order valence-electron chi connectivity index (χ4n) is 2.08. The Morgan fingerprint density at radius 3 is 2.70 bits per heavy atom. The van der Waals surface area contributed by atoms with Gasteiger partial charge in [0.15, 0.2) is 4.34 Å². The molecule has 0 aliphatic rings. The van der Waals surface area contributed by atoms with Gasteiger partial charge in [-0.05, 0) is 30.4 Å². The molecule has 3 rings (SSSR count). The summed E-state index contributed by atoms with van der Waals surface area (Å²) in [7, 11) is 0. The van der Waals surface area contributed by atoms with Gasteiger partial charge in [-0.15, -0.1) is 15.3 Å². The van der Waals surface area contributed by atoms with Crippen molar-refractivity contribution in [2.24, 2.45) is 0 Å². The summed E-state index contributed by atoms with van der Waals surface area (Å²) < 4.78 is 4.35. The van der Waals surface area contributed by atoms with Crippen LogP contribution in [0.4, 0.5) is 5.13 Å². The number of aryl methyl sites for hydroxylation is 1. The average molecular weight is 421 g/mol. The molecule has 0 spiro atoms. The second-order valence-electron chi connectivity index (χ2n) is 5.39. The monoisotopic (exact) mass is 420 g/mol. The molecule has 2 N–H and O–H groups in total. The number of thioether (sulfide) groups is 1. The first-order valence-corrected chi connectivity index (χ1v) is 10.6. The van der Waals surface area contributed by atoms with E-state index in [0.29, 0.717) is 26.6 Å². The molecule has 0 radical (unpaired) electrons. The summed E-state index contributed by atoms with van der Waals surface area (Å²) >= 11 is 3.53. The van der Waals surface area contributed by atoms with Crippen LogP contribution in [-0.2, 0) is 11.2 Å². The Kier molecular flexibility index (Phi) is 6.85. The Morgan fingerprint density at radius 2 is 1.96 bits per heavy atom. The molecule has 0 saturated heterocycles. The number of carbonyl (C=O) groups is 2. The molecule has 27 heavy (non-hydrogen) atoms. The van der Waals surface area contributed by atoms with Gasteiger partial charge in [-0.1, -0.05) is 57.9 Å². The second kappa shape index (κ2) is 9.53. The summed E-state index contributed by atoms with van der Waals surface area (Å²) in [5.74, 6) is -0.133. The summed E-state index contributed by atoms with van der Waals surface area (Å²) in [5.41, 5.74) is 1.75. The van der Waals surface area contributed by atoms with Crippen LogP contribution in [0, 0.1) is 6.92 Å². The van der Waals surface area contributed by atoms with Gasteiger partial charge in [0.2, 0.25) is 11.0 Å². The van der Waals surface area contributed by atoms with Crippen molar-refractivity contribution < 1.29 is 9.59 Å². The van der Waals surface area contributed by atoms with Crippen LogP contribution in [0.1, 0.15) is 20.9 Å². The maximum absolute atomic E-state index is 12.1. The summed E-state index contributed by atoms with van der Waals surface area (Å²) in [6.45, 7) is 2.30. The predicted molar refractivity (Wildman–Crippen MR) is 106 cm³/mol. The number of benzene rings is 1. The van der Waals surface area contributed by atoms with Crippen molar-refractivity contribution in [3.05, 3.63) is 46.5 Å². The smallest absolute Gasteiger partial charge is 0.271 e. The Hall–Kier alpha value is -2.37. The molecule has 0 atom stereocenters. The van der Waals surface area contributed by atoms with Gasteiger partial charge in [-0.3, -0.25) is 14.9 Å². The number of amides is 2. The highest BCUT2D eigenvalue weighted by molar-refractivity contribution is 8.01. The molecule has 0 fully saturated rings. The third kappa shape index (κ3) is 5.81. The molecule has 2 amide bonds. The second-order valence-corrected chi connectivity index (χ2v) is 8.34. The van der Waals surface area contributed by atoms with Crippen LogP contribution in [0.2, 0.25) is 0 Å². The Bertz CT molecular complexity index is 912. The average Bonchev–Trinajstić information content (AvgIpc) is 3.29. The Labute approximate surface area is 168 Å². The van der Waals surface area contributed by atoms with E-state index < -0.39 is 0 Å². The lowest BCUT2D eigenvalue weighted by atomic mass is 10.1. The van der Waals surface area contributed by atoms with E-state index in [1.165, 1.54) is 28.7 Å². The lowest BCUT2D eigenvalue weighted by Crippen LogP contribution is -2.27. The fraction of sp³-hybridized carbons (Fsp3) is 0.250. The van der Waals surface area contributed by atoms with Crippen LogP contribution in [0.25, 0.3) is 0 Å². The van der Waals surface area contributed by atoms with Crippen LogP contribution in [0.3, 0.4) is 0 Å². The normalized spacial score (nSPS) is 10.6. The summed E-state index contributed by atoms with van der Waals surface area (Å²) in [6.07, 6.45) is 0.790. The first-order chi connectivity index (χ1) is 13.1. The predicted octanol–water partition coefficient (Wildman–Crippen LogP) is 2.40. The zero-order valence-corrected chi connectivity index (χ0v) is 16.8. The van der Waals surface area contributed by atoms with Gasteiger partial charge in [0.05, 0.1) is 11.4 Å². The third-order valence-corrected chi connectivity index (χ3v) is 6.19. The molecule has 8 nitrogen and oxygen atoms in total. The van der Waals surface area contributed by atoms with Crippen molar-refractivity contribution in [3.63, 3.8) is 0 Å². The van der Waals surface area contributed by atoms with Gasteiger partial charge in [0.25, 0.3) is 5.91 Å². The van der Waals surface area contributed by atoms with Crippen molar-refractivity contribution in [3.8, 4) is 0 Å². The van der Waals surface area contributed by atoms with Crippen LogP contribution < -0.4 is 10.6 Å². The molecule has 0 bridgehead atoms. The van der Waals surface area contributed by atoms with Crippen molar-refractivity contribution >= 4 is 51.6 Å². The van der Waals surface area contributed by atoms with Crippen LogP contribution >= 0.6 is 34.6 Å². The van der Waals surface area contributed by atoms with Gasteiger partial charge in [-0.2, -0.15) is 0 Å². The number of nitrogens with one attached hydrogen (secondary N) is 2. The number of hydrogen-bond donors (Lipinski definition) is 2. The lowest BCUT2D eigenvalue weighted by molar-refractivity contribution is -0.118. The van der Waals surface area contributed by atoms with Crippen LogP contribution in [0.15, 0.2) is 34.7 Å². The van der Waals surface area contributed by atoms with Gasteiger partial charge < -0.3 is 5.32 Å². The number of rotatable bonds is 8. The molecule has 1 aromatic carbocycles. The SMILES string of the molecule is Cc1nnsc1C(=O)Nc1nnc(SCC(=O)NCCc2ccccc2)s1. The molecular formula is C16H16N6O2S3. The standard InChI is InChI=1S/C16H16N6O2S3/c1-10-13(27-22-19-10)14(24)18-15-20-21-16(26-15)25-9-12(23)17-8-7-11-5-3-2-4-6-11/h2-6H,7-9H2,1H3,(H,17,23)(H,18,20,24). The fourth-order valence-corrected chi connectivity index (χ4v) is 4.21. The topological polar surface area (TPSA) is 110 Å². The van der Waals surface area contributed by atoms with Gasteiger partial charge in [0, 0.05) is 6.54 Å². The van der Waals surface area contributed by atoms with E-state index in [1.807, 2.05) is 30.3 Å². The summed E-state index contributed by atoms with van der Waals surface area (Å²) in [4.78, 5) is 24.5. The van der Waals surface area contributed by atoms with Crippen molar-refractivity contribution in [1.29, 1.82) is 0 Å². The molecule has 2 heterocycles. The lowest BCUT2D eigenvalue weighted by Gasteiger charge is -2.04. The first kappa shape index (κ1) is 19.4. The minimum Gasteiger partial charge on any atom is -0.355 e. The van der Waals surface area contributed by atoms with Gasteiger partial charge in [0.1, 0.15) is 4.88 Å². The van der Waals surface area contributed by atoms with Crippen molar-refractivity contribution in [1.82, 2.24) is 25.1 Å². The van der Waals surface area contributed by atoms with Crippen molar-refractivity contribution in [2.75, 3.05) is 17.6 Å². The molecule has 2 aromatic heterocycles. The molecular weight excluding hydrogens is 404 g/mol. The molecule has 0 aliphatic carbocycles. The molecule has 3 aromatic rings. The van der Waals surface area contributed by atoms with Gasteiger partial charge >= 0.3 is 0 Å². The summed E-state index contributed by atoms with van der Waals surface area (Å²) in [6, 6.07) is 9.98. The van der Waals surface area contributed by atoms with E-state index in [2.05, 4.69) is 30.4 Å². The van der Waals surface area contributed by atoms with E-state index >= 15 is 0 Å².